The fraction of sp³-hybridized carbons (Fsp3) is 0.0952. The van der Waals surface area contributed by atoms with Gasteiger partial charge in [0.1, 0.15) is 17.0 Å². The van der Waals surface area contributed by atoms with Crippen LogP contribution in [0.15, 0.2) is 42.6 Å². The summed E-state index contributed by atoms with van der Waals surface area (Å²) in [6.45, 7) is 0. The molecular weight excluding hydrogens is 404 g/mol. The number of fused-ring (bicyclic) bond motifs is 2. The average molecular weight is 420 g/mol. The molecule has 3 heterocycles. The number of aromatic nitrogens is 3. The molecular formula is C21H16N4O6. The standard InChI is InChI=1S/C11H8N2O2.C10H8N2O4/c12-6-5-8-7-3-1-2-4-9(7)13-10(8)11(14)15;13-7(14)4-6-5-2-1-3-11-9(5)12-8(6)10(15)16/h1-4,13H,5H2,(H,14,15);1-3H,4H2,(H,11,12)(H,13,14)(H,15,16). The van der Waals surface area contributed by atoms with Crippen LogP contribution < -0.4 is 0 Å². The maximum absolute atomic E-state index is 10.9. The van der Waals surface area contributed by atoms with Crippen molar-refractivity contribution in [1.82, 2.24) is 15.0 Å². The molecule has 0 amide bonds. The Kier molecular flexibility index (Phi) is 5.97. The van der Waals surface area contributed by atoms with Crippen LogP contribution in [-0.4, -0.2) is 48.2 Å². The van der Waals surface area contributed by atoms with E-state index >= 15 is 0 Å². The van der Waals surface area contributed by atoms with Crippen LogP contribution in [0.4, 0.5) is 0 Å². The second-order valence-corrected chi connectivity index (χ2v) is 6.42. The molecule has 0 aliphatic rings. The highest BCUT2D eigenvalue weighted by molar-refractivity contribution is 5.98. The number of hydrogen-bond acceptors (Lipinski definition) is 5. The van der Waals surface area contributed by atoms with Crippen LogP contribution in [0.25, 0.3) is 21.9 Å². The van der Waals surface area contributed by atoms with Crippen LogP contribution in [-0.2, 0) is 17.6 Å². The van der Waals surface area contributed by atoms with E-state index < -0.39 is 17.9 Å². The molecule has 0 fully saturated rings. The topological polar surface area (TPSA) is 180 Å². The first-order valence-electron chi connectivity index (χ1n) is 8.94. The van der Waals surface area contributed by atoms with Crippen molar-refractivity contribution in [2.75, 3.05) is 0 Å². The molecule has 0 saturated carbocycles. The van der Waals surface area contributed by atoms with Crippen molar-refractivity contribution < 1.29 is 29.7 Å². The second kappa shape index (κ2) is 8.79. The smallest absolute Gasteiger partial charge is 0.352 e. The molecule has 0 unspecified atom stereocenters. The van der Waals surface area contributed by atoms with Gasteiger partial charge in [-0.25, -0.2) is 14.6 Å². The number of hydrogen-bond donors (Lipinski definition) is 5. The van der Waals surface area contributed by atoms with Crippen LogP contribution in [0.2, 0.25) is 0 Å². The minimum Gasteiger partial charge on any atom is -0.481 e. The SMILES string of the molecule is N#CCc1c(C(=O)O)[nH]c2ccccc12.O=C(O)Cc1c(C(=O)O)[nH]c2ncccc12. The van der Waals surface area contributed by atoms with Crippen molar-refractivity contribution >= 4 is 39.8 Å². The van der Waals surface area contributed by atoms with Crippen molar-refractivity contribution in [1.29, 1.82) is 5.26 Å². The van der Waals surface area contributed by atoms with E-state index in [1.807, 2.05) is 24.3 Å². The number of carbonyl (C=O) groups is 3. The lowest BCUT2D eigenvalue weighted by Crippen LogP contribution is -2.06. The molecule has 4 aromatic rings. The summed E-state index contributed by atoms with van der Waals surface area (Å²) in [7, 11) is 0. The van der Waals surface area contributed by atoms with E-state index in [0.29, 0.717) is 16.6 Å². The van der Waals surface area contributed by atoms with E-state index in [1.54, 1.807) is 18.2 Å². The lowest BCUT2D eigenvalue weighted by molar-refractivity contribution is -0.136. The van der Waals surface area contributed by atoms with Crippen molar-refractivity contribution in [3.8, 4) is 6.07 Å². The largest absolute Gasteiger partial charge is 0.481 e. The molecule has 0 aliphatic heterocycles. The Morgan fingerprint density at radius 2 is 1.55 bits per heavy atom. The van der Waals surface area contributed by atoms with Gasteiger partial charge >= 0.3 is 17.9 Å². The zero-order chi connectivity index (χ0) is 22.5. The Labute approximate surface area is 174 Å². The zero-order valence-electron chi connectivity index (χ0n) is 15.9. The van der Waals surface area contributed by atoms with Crippen LogP contribution in [0.1, 0.15) is 32.1 Å². The maximum Gasteiger partial charge on any atom is 0.352 e. The van der Waals surface area contributed by atoms with E-state index in [4.69, 9.17) is 20.6 Å². The van der Waals surface area contributed by atoms with Gasteiger partial charge in [0.05, 0.1) is 18.9 Å². The fourth-order valence-electron chi connectivity index (χ4n) is 3.24. The van der Waals surface area contributed by atoms with E-state index in [0.717, 1.165) is 10.9 Å². The first-order chi connectivity index (χ1) is 14.8. The Bertz CT molecular complexity index is 1350. The summed E-state index contributed by atoms with van der Waals surface area (Å²) in [6.07, 6.45) is 1.27. The number of benzene rings is 1. The van der Waals surface area contributed by atoms with Crippen molar-refractivity contribution in [3.63, 3.8) is 0 Å². The van der Waals surface area contributed by atoms with Crippen LogP contribution in [0, 0.1) is 11.3 Å². The van der Waals surface area contributed by atoms with Crippen LogP contribution in [0.5, 0.6) is 0 Å². The molecule has 0 aliphatic carbocycles. The van der Waals surface area contributed by atoms with Gasteiger partial charge in [-0.2, -0.15) is 5.26 Å². The number of aromatic amines is 2. The molecule has 10 nitrogen and oxygen atoms in total. The summed E-state index contributed by atoms with van der Waals surface area (Å²) < 4.78 is 0. The van der Waals surface area contributed by atoms with Gasteiger partial charge in [-0.05, 0) is 18.2 Å². The van der Waals surface area contributed by atoms with Gasteiger partial charge < -0.3 is 25.3 Å². The number of nitrogens with zero attached hydrogens (tertiary/aromatic N) is 2. The van der Waals surface area contributed by atoms with E-state index in [1.165, 1.54) is 6.20 Å². The van der Waals surface area contributed by atoms with Crippen molar-refractivity contribution in [2.24, 2.45) is 0 Å². The number of nitrogens with one attached hydrogen (secondary N) is 2. The predicted octanol–water partition coefficient (Wildman–Crippen LogP) is 2.82. The third-order valence-corrected chi connectivity index (χ3v) is 4.50. The minimum atomic E-state index is -1.19. The van der Waals surface area contributed by atoms with Gasteiger partial charge in [0.15, 0.2) is 0 Å². The van der Waals surface area contributed by atoms with E-state index in [-0.39, 0.29) is 29.8 Å². The molecule has 3 aromatic heterocycles. The summed E-state index contributed by atoms with van der Waals surface area (Å²) in [5.41, 5.74) is 1.94. The third-order valence-electron chi connectivity index (χ3n) is 4.50. The van der Waals surface area contributed by atoms with Gasteiger partial charge in [-0.15, -0.1) is 0 Å². The second-order valence-electron chi connectivity index (χ2n) is 6.42. The van der Waals surface area contributed by atoms with Crippen LogP contribution >= 0.6 is 0 Å². The number of H-pyrrole nitrogens is 2. The summed E-state index contributed by atoms with van der Waals surface area (Å²) >= 11 is 0. The molecule has 31 heavy (non-hydrogen) atoms. The maximum atomic E-state index is 10.9. The molecule has 0 radical (unpaired) electrons. The molecule has 0 bridgehead atoms. The number of rotatable bonds is 5. The molecule has 156 valence electrons. The number of aromatic carboxylic acids is 2. The average Bonchev–Trinajstić information content (AvgIpc) is 3.28. The van der Waals surface area contributed by atoms with Gasteiger partial charge in [0, 0.05) is 33.6 Å². The molecule has 4 rings (SSSR count). The summed E-state index contributed by atoms with van der Waals surface area (Å²) in [6, 6.07) is 12.5. The Balaban J connectivity index is 0.000000176. The molecule has 10 heteroatoms. The molecule has 0 atom stereocenters. The zero-order valence-corrected chi connectivity index (χ0v) is 15.9. The predicted molar refractivity (Wildman–Crippen MR) is 109 cm³/mol. The minimum absolute atomic E-state index is 0.103. The summed E-state index contributed by atoms with van der Waals surface area (Å²) in [4.78, 5) is 41.8. The van der Waals surface area contributed by atoms with Gasteiger partial charge in [0.2, 0.25) is 0 Å². The quantitative estimate of drug-likeness (QED) is 0.327. The Morgan fingerprint density at radius 1 is 0.903 bits per heavy atom. The fourth-order valence-corrected chi connectivity index (χ4v) is 3.24. The summed E-state index contributed by atoms with van der Waals surface area (Å²) in [5, 5.41) is 36.6. The highest BCUT2D eigenvalue weighted by Crippen LogP contribution is 2.23. The van der Waals surface area contributed by atoms with Gasteiger partial charge in [0.25, 0.3) is 0 Å². The first kappa shape index (κ1) is 21.1. The number of pyridine rings is 1. The lowest BCUT2D eigenvalue weighted by Gasteiger charge is -1.96. The molecule has 5 N–H and O–H groups in total. The Hall–Kier alpha value is -4.65. The monoisotopic (exact) mass is 420 g/mol. The molecule has 1 aromatic carbocycles. The highest BCUT2D eigenvalue weighted by Gasteiger charge is 2.19. The Morgan fingerprint density at radius 3 is 2.19 bits per heavy atom. The number of carboxylic acid groups (broad SMARTS) is 3. The number of aliphatic carboxylic acids is 1. The highest BCUT2D eigenvalue weighted by atomic mass is 16.4. The van der Waals surface area contributed by atoms with E-state index in [9.17, 15) is 14.4 Å². The van der Waals surface area contributed by atoms with E-state index in [2.05, 4.69) is 15.0 Å². The van der Waals surface area contributed by atoms with Gasteiger partial charge in [-0.1, -0.05) is 18.2 Å². The van der Waals surface area contributed by atoms with Crippen LogP contribution in [0.3, 0.4) is 0 Å². The number of nitriles is 1. The first-order valence-corrected chi connectivity index (χ1v) is 8.94. The third kappa shape index (κ3) is 4.35. The molecule has 0 spiro atoms. The lowest BCUT2D eigenvalue weighted by atomic mass is 10.1. The molecule has 0 saturated heterocycles. The normalized spacial score (nSPS) is 10.3. The summed E-state index contributed by atoms with van der Waals surface area (Å²) in [5.74, 6) is -3.29. The number of carboxylic acids is 3. The van der Waals surface area contributed by atoms with Gasteiger partial charge in [-0.3, -0.25) is 4.79 Å². The van der Waals surface area contributed by atoms with Crippen molar-refractivity contribution in [3.05, 3.63) is 65.1 Å². The number of para-hydroxylation sites is 1. The van der Waals surface area contributed by atoms with Crippen molar-refractivity contribution in [2.45, 2.75) is 12.8 Å².